The van der Waals surface area contributed by atoms with Crippen molar-refractivity contribution in [2.45, 2.75) is 20.3 Å². The Hall–Kier alpha value is -1.32. The highest BCUT2D eigenvalue weighted by Crippen LogP contribution is 2.10. The lowest BCUT2D eigenvalue weighted by molar-refractivity contribution is 0.592. The van der Waals surface area contributed by atoms with Crippen LogP contribution >= 0.6 is 0 Å². The van der Waals surface area contributed by atoms with Crippen molar-refractivity contribution in [1.29, 1.82) is 0 Å². The van der Waals surface area contributed by atoms with E-state index in [-0.39, 0.29) is 0 Å². The second-order valence-corrected chi connectivity index (χ2v) is 3.18. The SMILES string of the molecule is CCC(C)CNc1nccnc1N. The summed E-state index contributed by atoms with van der Waals surface area (Å²) in [6.45, 7) is 5.23. The predicted molar refractivity (Wildman–Crippen MR) is 54.4 cm³/mol. The summed E-state index contributed by atoms with van der Waals surface area (Å²) in [5.41, 5.74) is 5.61. The Bertz CT molecular complexity index is 262. The summed E-state index contributed by atoms with van der Waals surface area (Å²) in [4.78, 5) is 8.02. The van der Waals surface area contributed by atoms with Gasteiger partial charge >= 0.3 is 0 Å². The van der Waals surface area contributed by atoms with Crippen molar-refractivity contribution < 1.29 is 0 Å². The van der Waals surface area contributed by atoms with Gasteiger partial charge in [0.2, 0.25) is 0 Å². The topological polar surface area (TPSA) is 63.8 Å². The van der Waals surface area contributed by atoms with Gasteiger partial charge in [-0.1, -0.05) is 20.3 Å². The Morgan fingerprint density at radius 3 is 2.77 bits per heavy atom. The fourth-order valence-electron chi connectivity index (χ4n) is 0.900. The zero-order chi connectivity index (χ0) is 9.68. The molecule has 0 fully saturated rings. The Morgan fingerprint density at radius 1 is 1.46 bits per heavy atom. The van der Waals surface area contributed by atoms with Crippen molar-refractivity contribution >= 4 is 11.6 Å². The number of nitrogen functional groups attached to an aromatic ring is 1. The third kappa shape index (κ3) is 2.89. The maximum absolute atomic E-state index is 5.61. The summed E-state index contributed by atoms with van der Waals surface area (Å²) in [5, 5.41) is 3.16. The van der Waals surface area contributed by atoms with Crippen LogP contribution in [0.2, 0.25) is 0 Å². The van der Waals surface area contributed by atoms with Crippen LogP contribution in [0.1, 0.15) is 20.3 Å². The van der Waals surface area contributed by atoms with Crippen molar-refractivity contribution in [2.75, 3.05) is 17.6 Å². The first-order valence-corrected chi connectivity index (χ1v) is 4.54. The van der Waals surface area contributed by atoms with Crippen LogP contribution < -0.4 is 11.1 Å². The lowest BCUT2D eigenvalue weighted by Crippen LogP contribution is -2.13. The fourth-order valence-corrected chi connectivity index (χ4v) is 0.900. The van der Waals surface area contributed by atoms with Crippen LogP contribution in [0.3, 0.4) is 0 Å². The third-order valence-electron chi connectivity index (χ3n) is 2.04. The molecule has 1 heterocycles. The van der Waals surface area contributed by atoms with E-state index < -0.39 is 0 Å². The van der Waals surface area contributed by atoms with Gasteiger partial charge in [0, 0.05) is 18.9 Å². The Kier molecular flexibility index (Phi) is 3.49. The number of hydrogen-bond acceptors (Lipinski definition) is 4. The molecule has 1 aromatic rings. The van der Waals surface area contributed by atoms with Crippen LogP contribution in [0.25, 0.3) is 0 Å². The zero-order valence-corrected chi connectivity index (χ0v) is 8.12. The fraction of sp³-hybridized carbons (Fsp3) is 0.556. The molecule has 0 spiro atoms. The number of nitrogens with zero attached hydrogens (tertiary/aromatic N) is 2. The van der Waals surface area contributed by atoms with Gasteiger partial charge in [0.25, 0.3) is 0 Å². The summed E-state index contributed by atoms with van der Waals surface area (Å²) in [6, 6.07) is 0. The van der Waals surface area contributed by atoms with E-state index in [1.807, 2.05) is 0 Å². The number of nitrogens with two attached hydrogens (primary N) is 1. The quantitative estimate of drug-likeness (QED) is 0.737. The number of anilines is 2. The average Bonchev–Trinajstić information content (AvgIpc) is 2.16. The molecular formula is C9H16N4. The van der Waals surface area contributed by atoms with E-state index in [2.05, 4.69) is 29.1 Å². The molecule has 0 aliphatic carbocycles. The number of hydrogen-bond donors (Lipinski definition) is 2. The Balaban J connectivity index is 2.50. The van der Waals surface area contributed by atoms with E-state index >= 15 is 0 Å². The van der Waals surface area contributed by atoms with E-state index in [1.54, 1.807) is 12.4 Å². The molecule has 3 N–H and O–H groups in total. The maximum Gasteiger partial charge on any atom is 0.168 e. The highest BCUT2D eigenvalue weighted by atomic mass is 15.0. The normalized spacial score (nSPS) is 12.5. The average molecular weight is 180 g/mol. The number of aromatic nitrogens is 2. The molecule has 1 unspecified atom stereocenters. The van der Waals surface area contributed by atoms with Gasteiger partial charge in [-0.25, -0.2) is 9.97 Å². The molecule has 0 saturated heterocycles. The van der Waals surface area contributed by atoms with E-state index in [0.717, 1.165) is 13.0 Å². The second-order valence-electron chi connectivity index (χ2n) is 3.18. The van der Waals surface area contributed by atoms with Gasteiger partial charge in [0.05, 0.1) is 0 Å². The molecule has 1 rings (SSSR count). The molecule has 0 aliphatic rings. The van der Waals surface area contributed by atoms with Crippen LogP contribution in [-0.2, 0) is 0 Å². The molecule has 4 nitrogen and oxygen atoms in total. The van der Waals surface area contributed by atoms with Crippen molar-refractivity contribution in [1.82, 2.24) is 9.97 Å². The zero-order valence-electron chi connectivity index (χ0n) is 8.12. The summed E-state index contributed by atoms with van der Waals surface area (Å²) in [5.74, 6) is 1.77. The van der Waals surface area contributed by atoms with E-state index in [0.29, 0.717) is 17.6 Å². The molecule has 72 valence electrons. The number of rotatable bonds is 4. The van der Waals surface area contributed by atoms with Crippen LogP contribution in [0, 0.1) is 5.92 Å². The summed E-state index contributed by atoms with van der Waals surface area (Å²) >= 11 is 0. The second kappa shape index (κ2) is 4.64. The third-order valence-corrected chi connectivity index (χ3v) is 2.04. The first kappa shape index (κ1) is 9.77. The first-order valence-electron chi connectivity index (χ1n) is 4.54. The minimum atomic E-state index is 0.464. The van der Waals surface area contributed by atoms with Gasteiger partial charge in [0.15, 0.2) is 11.6 Å². The van der Waals surface area contributed by atoms with E-state index in [4.69, 9.17) is 5.73 Å². The lowest BCUT2D eigenvalue weighted by atomic mass is 10.1. The number of nitrogens with one attached hydrogen (secondary N) is 1. The van der Waals surface area contributed by atoms with Crippen molar-refractivity contribution in [3.63, 3.8) is 0 Å². The molecule has 0 saturated carbocycles. The van der Waals surface area contributed by atoms with Crippen molar-refractivity contribution in [3.8, 4) is 0 Å². The first-order chi connectivity index (χ1) is 6.24. The summed E-state index contributed by atoms with van der Waals surface area (Å²) in [6.07, 6.45) is 4.37. The molecular weight excluding hydrogens is 164 g/mol. The molecule has 0 aromatic carbocycles. The molecule has 0 radical (unpaired) electrons. The van der Waals surface area contributed by atoms with Crippen molar-refractivity contribution in [3.05, 3.63) is 12.4 Å². The van der Waals surface area contributed by atoms with Crippen LogP contribution in [-0.4, -0.2) is 16.5 Å². The molecule has 0 bridgehead atoms. The minimum Gasteiger partial charge on any atom is -0.381 e. The van der Waals surface area contributed by atoms with Gasteiger partial charge in [-0.15, -0.1) is 0 Å². The summed E-state index contributed by atoms with van der Waals surface area (Å²) < 4.78 is 0. The Labute approximate surface area is 78.6 Å². The van der Waals surface area contributed by atoms with E-state index in [9.17, 15) is 0 Å². The monoisotopic (exact) mass is 180 g/mol. The van der Waals surface area contributed by atoms with Gasteiger partial charge in [-0.3, -0.25) is 0 Å². The largest absolute Gasteiger partial charge is 0.381 e. The smallest absolute Gasteiger partial charge is 0.168 e. The Morgan fingerprint density at radius 2 is 2.15 bits per heavy atom. The van der Waals surface area contributed by atoms with Crippen LogP contribution in [0.15, 0.2) is 12.4 Å². The molecule has 1 atom stereocenters. The molecule has 0 aliphatic heterocycles. The van der Waals surface area contributed by atoms with Crippen LogP contribution in [0.4, 0.5) is 11.6 Å². The highest BCUT2D eigenvalue weighted by molar-refractivity contribution is 5.54. The van der Waals surface area contributed by atoms with Gasteiger partial charge in [-0.2, -0.15) is 0 Å². The molecule has 4 heteroatoms. The molecule has 0 amide bonds. The van der Waals surface area contributed by atoms with Gasteiger partial charge in [0.1, 0.15) is 0 Å². The maximum atomic E-state index is 5.61. The molecule has 1 aromatic heterocycles. The van der Waals surface area contributed by atoms with Crippen molar-refractivity contribution in [2.24, 2.45) is 5.92 Å². The van der Waals surface area contributed by atoms with Gasteiger partial charge < -0.3 is 11.1 Å². The summed E-state index contributed by atoms with van der Waals surface area (Å²) in [7, 11) is 0. The predicted octanol–water partition coefficient (Wildman–Crippen LogP) is 1.52. The van der Waals surface area contributed by atoms with Gasteiger partial charge in [-0.05, 0) is 5.92 Å². The standard InChI is InChI=1S/C9H16N4/c1-3-7(2)6-13-9-8(10)11-4-5-12-9/h4-5,7H,3,6H2,1-2H3,(H2,10,11)(H,12,13). The molecule has 13 heavy (non-hydrogen) atoms. The highest BCUT2D eigenvalue weighted by Gasteiger charge is 2.02. The van der Waals surface area contributed by atoms with Crippen LogP contribution in [0.5, 0.6) is 0 Å². The minimum absolute atomic E-state index is 0.464. The lowest BCUT2D eigenvalue weighted by Gasteiger charge is -2.10. The van der Waals surface area contributed by atoms with E-state index in [1.165, 1.54) is 0 Å².